The van der Waals surface area contributed by atoms with E-state index in [2.05, 4.69) is 23.3 Å². The maximum atomic E-state index is 13.0. The van der Waals surface area contributed by atoms with Crippen LogP contribution in [-0.4, -0.2) is 36.3 Å². The Morgan fingerprint density at radius 1 is 1.06 bits per heavy atom. The minimum absolute atomic E-state index is 0.00863. The van der Waals surface area contributed by atoms with Crippen molar-refractivity contribution >= 4 is 23.2 Å². The maximum Gasteiger partial charge on any atom is 0.229 e. The molecule has 164 valence electrons. The summed E-state index contributed by atoms with van der Waals surface area (Å²) in [6.07, 6.45) is 6.72. The largest absolute Gasteiger partial charge is 0.325 e. The topological polar surface area (TPSA) is 52.7 Å². The van der Waals surface area contributed by atoms with E-state index in [4.69, 9.17) is 0 Å². The molecule has 0 spiro atoms. The van der Waals surface area contributed by atoms with Crippen LogP contribution in [0.4, 0.5) is 11.4 Å². The van der Waals surface area contributed by atoms with Gasteiger partial charge in [0.2, 0.25) is 11.8 Å². The summed E-state index contributed by atoms with van der Waals surface area (Å²) in [4.78, 5) is 29.7. The van der Waals surface area contributed by atoms with Crippen LogP contribution < -0.4 is 10.2 Å². The summed E-state index contributed by atoms with van der Waals surface area (Å²) in [7, 11) is 2.18. The number of carbonyl (C=O) groups excluding carboxylic acids is 2. The lowest BCUT2D eigenvalue weighted by atomic mass is 9.94. The standard InChI is InChI=1S/C26H33N3O2/c1-19-12-14-23(15-13-19)29-18-21(16-25(29)30)26(31)27-24-11-7-6-8-20(24)17-28(2)22-9-4-3-5-10-22/h6-8,11-15,21-22H,3-5,9-10,16-18H2,1-2H3,(H,27,31). The third-order valence-corrected chi connectivity index (χ3v) is 6.73. The monoisotopic (exact) mass is 419 g/mol. The molecule has 2 amide bonds. The van der Waals surface area contributed by atoms with Crippen LogP contribution >= 0.6 is 0 Å². The van der Waals surface area contributed by atoms with Gasteiger partial charge in [-0.05, 0) is 50.6 Å². The summed E-state index contributed by atoms with van der Waals surface area (Å²) in [5.41, 5.74) is 4.00. The van der Waals surface area contributed by atoms with Crippen molar-refractivity contribution in [2.45, 2.75) is 58.0 Å². The summed E-state index contributed by atoms with van der Waals surface area (Å²) in [5.74, 6) is -0.400. The Kier molecular flexibility index (Phi) is 6.71. The zero-order valence-corrected chi connectivity index (χ0v) is 18.6. The van der Waals surface area contributed by atoms with Crippen molar-refractivity contribution < 1.29 is 9.59 Å². The molecule has 0 bridgehead atoms. The smallest absolute Gasteiger partial charge is 0.229 e. The predicted octanol–water partition coefficient (Wildman–Crippen LogP) is 4.75. The molecule has 1 saturated carbocycles. The Hall–Kier alpha value is -2.66. The molecule has 5 heteroatoms. The fraction of sp³-hybridized carbons (Fsp3) is 0.462. The number of benzene rings is 2. The van der Waals surface area contributed by atoms with Crippen LogP contribution in [0, 0.1) is 12.8 Å². The summed E-state index contributed by atoms with van der Waals surface area (Å²) in [6.45, 7) is 3.27. The van der Waals surface area contributed by atoms with Gasteiger partial charge in [0.05, 0.1) is 5.92 Å². The lowest BCUT2D eigenvalue weighted by Crippen LogP contribution is -2.33. The predicted molar refractivity (Wildman–Crippen MR) is 125 cm³/mol. The van der Waals surface area contributed by atoms with E-state index in [1.165, 1.54) is 32.1 Å². The number of anilines is 2. The van der Waals surface area contributed by atoms with Crippen molar-refractivity contribution in [3.63, 3.8) is 0 Å². The third kappa shape index (κ3) is 5.16. The maximum absolute atomic E-state index is 13.0. The molecule has 2 aromatic carbocycles. The zero-order valence-electron chi connectivity index (χ0n) is 18.6. The highest BCUT2D eigenvalue weighted by molar-refractivity contribution is 6.03. The summed E-state index contributed by atoms with van der Waals surface area (Å²) in [6, 6.07) is 16.5. The molecular formula is C26H33N3O2. The molecule has 1 unspecified atom stereocenters. The number of carbonyl (C=O) groups is 2. The molecule has 4 rings (SSSR count). The summed E-state index contributed by atoms with van der Waals surface area (Å²) in [5, 5.41) is 3.12. The van der Waals surface area contributed by atoms with Gasteiger partial charge in [0, 0.05) is 36.9 Å². The first-order chi connectivity index (χ1) is 15.0. The molecule has 1 aliphatic heterocycles. The number of rotatable bonds is 6. The van der Waals surface area contributed by atoms with E-state index in [0.29, 0.717) is 12.6 Å². The number of aryl methyl sites for hydroxylation is 1. The first-order valence-electron chi connectivity index (χ1n) is 11.5. The molecule has 1 heterocycles. The SMILES string of the molecule is Cc1ccc(N2CC(C(=O)Nc3ccccc3CN(C)C3CCCCC3)CC2=O)cc1. The van der Waals surface area contributed by atoms with E-state index in [-0.39, 0.29) is 24.2 Å². The Balaban J connectivity index is 1.40. The van der Waals surface area contributed by atoms with E-state index in [0.717, 1.165) is 29.0 Å². The van der Waals surface area contributed by atoms with Crippen molar-refractivity contribution in [2.75, 3.05) is 23.8 Å². The molecular weight excluding hydrogens is 386 g/mol. The van der Waals surface area contributed by atoms with E-state index in [1.807, 2.05) is 49.4 Å². The average molecular weight is 420 g/mol. The summed E-state index contributed by atoms with van der Waals surface area (Å²) >= 11 is 0. The van der Waals surface area contributed by atoms with Gasteiger partial charge in [-0.1, -0.05) is 55.2 Å². The van der Waals surface area contributed by atoms with Crippen LogP contribution in [0.25, 0.3) is 0 Å². The van der Waals surface area contributed by atoms with Crippen molar-refractivity contribution in [1.82, 2.24) is 4.90 Å². The van der Waals surface area contributed by atoms with Gasteiger partial charge in [-0.15, -0.1) is 0 Å². The first kappa shape index (κ1) is 21.6. The van der Waals surface area contributed by atoms with E-state index < -0.39 is 0 Å². The fourth-order valence-electron chi connectivity index (χ4n) is 4.79. The molecule has 1 saturated heterocycles. The molecule has 1 atom stereocenters. The van der Waals surface area contributed by atoms with Crippen LogP contribution in [0.2, 0.25) is 0 Å². The lowest BCUT2D eigenvalue weighted by molar-refractivity contribution is -0.122. The van der Waals surface area contributed by atoms with E-state index in [9.17, 15) is 9.59 Å². The minimum Gasteiger partial charge on any atom is -0.325 e. The highest BCUT2D eigenvalue weighted by atomic mass is 16.2. The van der Waals surface area contributed by atoms with E-state index >= 15 is 0 Å². The van der Waals surface area contributed by atoms with Crippen LogP contribution in [-0.2, 0) is 16.1 Å². The second kappa shape index (κ2) is 9.65. The van der Waals surface area contributed by atoms with Gasteiger partial charge in [0.1, 0.15) is 0 Å². The minimum atomic E-state index is -0.335. The third-order valence-electron chi connectivity index (χ3n) is 6.73. The van der Waals surface area contributed by atoms with Gasteiger partial charge in [-0.2, -0.15) is 0 Å². The lowest BCUT2D eigenvalue weighted by Gasteiger charge is -2.31. The zero-order chi connectivity index (χ0) is 21.8. The molecule has 5 nitrogen and oxygen atoms in total. The molecule has 2 aliphatic rings. The van der Waals surface area contributed by atoms with Crippen molar-refractivity contribution in [3.8, 4) is 0 Å². The van der Waals surface area contributed by atoms with Gasteiger partial charge < -0.3 is 10.2 Å². The molecule has 0 radical (unpaired) electrons. The Bertz CT molecular complexity index is 919. The highest BCUT2D eigenvalue weighted by Crippen LogP contribution is 2.28. The second-order valence-electron chi connectivity index (χ2n) is 9.09. The van der Waals surface area contributed by atoms with Gasteiger partial charge in [0.15, 0.2) is 0 Å². The van der Waals surface area contributed by atoms with Gasteiger partial charge in [-0.25, -0.2) is 0 Å². The number of para-hydroxylation sites is 1. The number of hydrogen-bond acceptors (Lipinski definition) is 3. The quantitative estimate of drug-likeness (QED) is 0.735. The molecule has 1 aliphatic carbocycles. The highest BCUT2D eigenvalue weighted by Gasteiger charge is 2.35. The number of hydrogen-bond donors (Lipinski definition) is 1. The average Bonchev–Trinajstić information content (AvgIpc) is 3.18. The van der Waals surface area contributed by atoms with Gasteiger partial charge in [-0.3, -0.25) is 14.5 Å². The van der Waals surface area contributed by atoms with Crippen molar-refractivity contribution in [2.24, 2.45) is 5.92 Å². The number of nitrogens with zero attached hydrogens (tertiary/aromatic N) is 2. The Morgan fingerprint density at radius 3 is 2.52 bits per heavy atom. The molecule has 0 aromatic heterocycles. The van der Waals surface area contributed by atoms with E-state index in [1.54, 1.807) is 4.90 Å². The van der Waals surface area contributed by atoms with Gasteiger partial charge in [0.25, 0.3) is 0 Å². The van der Waals surface area contributed by atoms with Crippen LogP contribution in [0.15, 0.2) is 48.5 Å². The van der Waals surface area contributed by atoms with Crippen LogP contribution in [0.1, 0.15) is 49.7 Å². The first-order valence-corrected chi connectivity index (χ1v) is 11.5. The Labute approximate surface area is 185 Å². The molecule has 1 N–H and O–H groups in total. The number of amides is 2. The molecule has 2 aromatic rings. The van der Waals surface area contributed by atoms with Crippen LogP contribution in [0.3, 0.4) is 0 Å². The van der Waals surface area contributed by atoms with Crippen LogP contribution in [0.5, 0.6) is 0 Å². The summed E-state index contributed by atoms with van der Waals surface area (Å²) < 4.78 is 0. The van der Waals surface area contributed by atoms with Gasteiger partial charge >= 0.3 is 0 Å². The second-order valence-corrected chi connectivity index (χ2v) is 9.09. The Morgan fingerprint density at radius 2 is 1.77 bits per heavy atom. The molecule has 2 fully saturated rings. The normalized spacial score (nSPS) is 19.8. The fourth-order valence-corrected chi connectivity index (χ4v) is 4.79. The van der Waals surface area contributed by atoms with Crippen molar-refractivity contribution in [1.29, 1.82) is 0 Å². The molecule has 31 heavy (non-hydrogen) atoms. The van der Waals surface area contributed by atoms with Crippen molar-refractivity contribution in [3.05, 3.63) is 59.7 Å². The number of nitrogens with one attached hydrogen (secondary N) is 1.